The van der Waals surface area contributed by atoms with Gasteiger partial charge < -0.3 is 9.67 Å². The summed E-state index contributed by atoms with van der Waals surface area (Å²) in [6, 6.07) is 8.48. The third kappa shape index (κ3) is 1.66. The quantitative estimate of drug-likeness (QED) is 0.803. The van der Waals surface area contributed by atoms with Gasteiger partial charge in [-0.3, -0.25) is 0 Å². The summed E-state index contributed by atoms with van der Waals surface area (Å²) in [6.45, 7) is 0. The molecule has 0 unspecified atom stereocenters. The fourth-order valence-corrected chi connectivity index (χ4v) is 4.00. The lowest BCUT2D eigenvalue weighted by Crippen LogP contribution is -2.38. The van der Waals surface area contributed by atoms with Gasteiger partial charge >= 0.3 is 0 Å². The number of fused-ring (bicyclic) bond motifs is 3. The Morgan fingerprint density at radius 2 is 1.85 bits per heavy atom. The minimum Gasteiger partial charge on any atom is -0.387 e. The Balaban J connectivity index is 1.85. The summed E-state index contributed by atoms with van der Waals surface area (Å²) < 4.78 is 2.18. The smallest absolute Gasteiger partial charge is 0.0957 e. The maximum Gasteiger partial charge on any atom is 0.0957 e. The van der Waals surface area contributed by atoms with Crippen molar-refractivity contribution < 1.29 is 5.11 Å². The van der Waals surface area contributed by atoms with Crippen LogP contribution in [0.2, 0.25) is 0 Å². The SMILES string of the molecule is OC1([C@H]2c3ccccc3-c3cncn32)CCCCCC1. The minimum atomic E-state index is -0.626. The van der Waals surface area contributed by atoms with Crippen molar-refractivity contribution in [3.8, 4) is 11.3 Å². The zero-order valence-corrected chi connectivity index (χ0v) is 11.6. The maximum atomic E-state index is 11.3. The number of imidazole rings is 1. The molecule has 2 heterocycles. The molecule has 0 saturated heterocycles. The van der Waals surface area contributed by atoms with E-state index in [0.29, 0.717) is 0 Å². The predicted octanol–water partition coefficient (Wildman–Crippen LogP) is 3.54. The average molecular weight is 268 g/mol. The predicted molar refractivity (Wildman–Crippen MR) is 78.5 cm³/mol. The Kier molecular flexibility index (Phi) is 2.71. The Bertz CT molecular complexity index is 623. The molecule has 1 N–H and O–H groups in total. The topological polar surface area (TPSA) is 38.1 Å². The highest BCUT2D eigenvalue weighted by molar-refractivity contribution is 5.69. The largest absolute Gasteiger partial charge is 0.387 e. The number of hydrogen-bond donors (Lipinski definition) is 1. The van der Waals surface area contributed by atoms with Crippen LogP contribution in [0.5, 0.6) is 0 Å². The fraction of sp³-hybridized carbons (Fsp3) is 0.471. The number of benzene rings is 1. The van der Waals surface area contributed by atoms with Crippen LogP contribution in [0.25, 0.3) is 11.3 Å². The molecule has 104 valence electrons. The Labute approximate surface area is 119 Å². The first kappa shape index (κ1) is 12.2. The average Bonchev–Trinajstić information content (AvgIpc) is 2.96. The molecule has 3 nitrogen and oxygen atoms in total. The van der Waals surface area contributed by atoms with Gasteiger partial charge in [-0.2, -0.15) is 0 Å². The van der Waals surface area contributed by atoms with Crippen LogP contribution in [-0.4, -0.2) is 20.3 Å². The minimum absolute atomic E-state index is 0.0364. The third-order valence-electron chi connectivity index (χ3n) is 4.95. The van der Waals surface area contributed by atoms with E-state index in [-0.39, 0.29) is 6.04 Å². The molecule has 0 bridgehead atoms. The van der Waals surface area contributed by atoms with E-state index < -0.39 is 5.60 Å². The number of aliphatic hydroxyl groups is 1. The van der Waals surface area contributed by atoms with Crippen LogP contribution in [-0.2, 0) is 0 Å². The monoisotopic (exact) mass is 268 g/mol. The first-order valence-corrected chi connectivity index (χ1v) is 7.63. The third-order valence-corrected chi connectivity index (χ3v) is 4.95. The summed E-state index contributed by atoms with van der Waals surface area (Å²) in [5.41, 5.74) is 3.00. The summed E-state index contributed by atoms with van der Waals surface area (Å²) in [7, 11) is 0. The molecule has 0 spiro atoms. The van der Waals surface area contributed by atoms with Crippen LogP contribution < -0.4 is 0 Å². The lowest BCUT2D eigenvalue weighted by Gasteiger charge is -2.35. The molecule has 1 aliphatic heterocycles. The van der Waals surface area contributed by atoms with Crippen molar-refractivity contribution in [3.63, 3.8) is 0 Å². The summed E-state index contributed by atoms with van der Waals surface area (Å²) in [6.07, 6.45) is 10.3. The molecule has 3 heteroatoms. The molecular weight excluding hydrogens is 248 g/mol. The highest BCUT2D eigenvalue weighted by Crippen LogP contribution is 2.48. The molecule has 1 saturated carbocycles. The second-order valence-electron chi connectivity index (χ2n) is 6.19. The molecule has 2 aliphatic rings. The first-order valence-electron chi connectivity index (χ1n) is 7.63. The van der Waals surface area contributed by atoms with Gasteiger partial charge in [-0.05, 0) is 18.4 Å². The summed E-state index contributed by atoms with van der Waals surface area (Å²) in [5, 5.41) is 11.3. The standard InChI is InChI=1S/C17H20N2O/c20-17(9-5-1-2-6-10-17)16-14-8-4-3-7-13(14)15-11-18-12-19(15)16/h3-4,7-8,11-12,16,20H,1-2,5-6,9-10H2/t16-/m1/s1. The highest BCUT2D eigenvalue weighted by atomic mass is 16.3. The molecule has 1 atom stereocenters. The van der Waals surface area contributed by atoms with Gasteiger partial charge in [-0.25, -0.2) is 4.98 Å². The molecular formula is C17H20N2O. The Hall–Kier alpha value is -1.61. The van der Waals surface area contributed by atoms with E-state index >= 15 is 0 Å². The van der Waals surface area contributed by atoms with E-state index in [2.05, 4.69) is 33.8 Å². The van der Waals surface area contributed by atoms with E-state index in [9.17, 15) is 5.11 Å². The van der Waals surface area contributed by atoms with Gasteiger partial charge in [0.2, 0.25) is 0 Å². The van der Waals surface area contributed by atoms with E-state index in [4.69, 9.17) is 0 Å². The highest BCUT2D eigenvalue weighted by Gasteiger charge is 2.43. The van der Waals surface area contributed by atoms with Crippen molar-refractivity contribution in [1.29, 1.82) is 0 Å². The molecule has 0 radical (unpaired) electrons. The van der Waals surface area contributed by atoms with Crippen LogP contribution in [0.1, 0.15) is 50.1 Å². The first-order chi connectivity index (χ1) is 9.80. The molecule has 4 rings (SSSR count). The van der Waals surface area contributed by atoms with Gasteiger partial charge in [0.25, 0.3) is 0 Å². The van der Waals surface area contributed by atoms with Crippen molar-refractivity contribution in [2.24, 2.45) is 0 Å². The second kappa shape index (κ2) is 4.45. The Morgan fingerprint density at radius 1 is 1.10 bits per heavy atom. The van der Waals surface area contributed by atoms with E-state index in [1.807, 2.05) is 12.5 Å². The number of nitrogens with zero attached hydrogens (tertiary/aromatic N) is 2. The molecule has 0 amide bonds. The van der Waals surface area contributed by atoms with Crippen molar-refractivity contribution >= 4 is 0 Å². The maximum absolute atomic E-state index is 11.3. The summed E-state index contributed by atoms with van der Waals surface area (Å²) in [4.78, 5) is 4.29. The van der Waals surface area contributed by atoms with E-state index in [1.165, 1.54) is 24.0 Å². The van der Waals surface area contributed by atoms with Crippen LogP contribution >= 0.6 is 0 Å². The van der Waals surface area contributed by atoms with E-state index in [0.717, 1.165) is 31.4 Å². The summed E-state index contributed by atoms with van der Waals surface area (Å²) in [5.74, 6) is 0. The van der Waals surface area contributed by atoms with Crippen molar-refractivity contribution in [1.82, 2.24) is 9.55 Å². The number of aromatic nitrogens is 2. The van der Waals surface area contributed by atoms with Crippen LogP contribution in [0.4, 0.5) is 0 Å². The molecule has 1 fully saturated rings. The fourth-order valence-electron chi connectivity index (χ4n) is 4.00. The van der Waals surface area contributed by atoms with Gasteiger partial charge in [0, 0.05) is 5.56 Å². The Morgan fingerprint density at radius 3 is 2.65 bits per heavy atom. The molecule has 20 heavy (non-hydrogen) atoms. The summed E-state index contributed by atoms with van der Waals surface area (Å²) >= 11 is 0. The zero-order chi connectivity index (χ0) is 13.6. The van der Waals surface area contributed by atoms with Crippen LogP contribution in [0.15, 0.2) is 36.8 Å². The van der Waals surface area contributed by atoms with Crippen molar-refractivity contribution in [2.45, 2.75) is 50.2 Å². The zero-order valence-electron chi connectivity index (χ0n) is 11.6. The number of hydrogen-bond acceptors (Lipinski definition) is 2. The molecule has 1 aromatic carbocycles. The van der Waals surface area contributed by atoms with Crippen molar-refractivity contribution in [2.75, 3.05) is 0 Å². The lowest BCUT2D eigenvalue weighted by molar-refractivity contribution is -0.00976. The normalized spacial score (nSPS) is 23.9. The van der Waals surface area contributed by atoms with Gasteiger partial charge in [0.15, 0.2) is 0 Å². The van der Waals surface area contributed by atoms with Gasteiger partial charge in [-0.15, -0.1) is 0 Å². The van der Waals surface area contributed by atoms with Crippen LogP contribution in [0, 0.1) is 0 Å². The molecule has 1 aromatic heterocycles. The van der Waals surface area contributed by atoms with Gasteiger partial charge in [0.05, 0.1) is 29.9 Å². The number of rotatable bonds is 1. The van der Waals surface area contributed by atoms with Crippen LogP contribution in [0.3, 0.4) is 0 Å². The second-order valence-corrected chi connectivity index (χ2v) is 6.19. The van der Waals surface area contributed by atoms with Crippen molar-refractivity contribution in [3.05, 3.63) is 42.4 Å². The van der Waals surface area contributed by atoms with E-state index in [1.54, 1.807) is 0 Å². The molecule has 1 aliphatic carbocycles. The lowest BCUT2D eigenvalue weighted by atomic mass is 9.82. The molecule has 2 aromatic rings. The van der Waals surface area contributed by atoms with Gasteiger partial charge in [-0.1, -0.05) is 49.9 Å². The van der Waals surface area contributed by atoms with Gasteiger partial charge in [0.1, 0.15) is 0 Å².